The quantitative estimate of drug-likeness (QED) is 0.728. The molecule has 138 valence electrons. The first-order chi connectivity index (χ1) is 12.6. The lowest BCUT2D eigenvalue weighted by molar-refractivity contribution is 0.0773. The molecule has 6 heteroatoms. The minimum absolute atomic E-state index is 0.0239. The second-order valence-electron chi connectivity index (χ2n) is 5.71. The molecule has 0 heterocycles. The minimum atomic E-state index is 0.0239. The molecule has 0 spiro atoms. The van der Waals surface area contributed by atoms with Gasteiger partial charge in [-0.15, -0.1) is 0 Å². The van der Waals surface area contributed by atoms with Crippen LogP contribution in [-0.2, 0) is 6.54 Å². The SMILES string of the molecule is CCN(CC)C(=O)c1cccc(NC(=S)NCc2ccc(OC)cc2)c1. The zero-order valence-electron chi connectivity index (χ0n) is 15.4. The molecule has 0 fully saturated rings. The predicted octanol–water partition coefficient (Wildman–Crippen LogP) is 3.66. The number of hydrogen-bond donors (Lipinski definition) is 2. The maximum Gasteiger partial charge on any atom is 0.253 e. The molecule has 0 radical (unpaired) electrons. The van der Waals surface area contributed by atoms with Gasteiger partial charge in [0.25, 0.3) is 5.91 Å². The summed E-state index contributed by atoms with van der Waals surface area (Å²) in [6.07, 6.45) is 0. The smallest absolute Gasteiger partial charge is 0.253 e. The number of carbonyl (C=O) groups excluding carboxylic acids is 1. The average molecular weight is 372 g/mol. The molecule has 1 amide bonds. The summed E-state index contributed by atoms with van der Waals surface area (Å²) in [5.41, 5.74) is 2.53. The van der Waals surface area contributed by atoms with Crippen LogP contribution in [-0.4, -0.2) is 36.1 Å². The fourth-order valence-corrected chi connectivity index (χ4v) is 2.71. The second kappa shape index (κ2) is 9.77. The van der Waals surface area contributed by atoms with Crippen LogP contribution < -0.4 is 15.4 Å². The summed E-state index contributed by atoms with van der Waals surface area (Å²) in [5, 5.41) is 6.80. The number of methoxy groups -OCH3 is 1. The summed E-state index contributed by atoms with van der Waals surface area (Å²) in [4.78, 5) is 14.2. The zero-order chi connectivity index (χ0) is 18.9. The Morgan fingerprint density at radius 3 is 2.42 bits per heavy atom. The van der Waals surface area contributed by atoms with Crippen molar-refractivity contribution in [3.63, 3.8) is 0 Å². The Bertz CT molecular complexity index is 743. The topological polar surface area (TPSA) is 53.6 Å². The molecule has 0 unspecified atom stereocenters. The lowest BCUT2D eigenvalue weighted by Gasteiger charge is -2.19. The van der Waals surface area contributed by atoms with Crippen molar-refractivity contribution in [3.05, 3.63) is 59.7 Å². The molecule has 0 bridgehead atoms. The van der Waals surface area contributed by atoms with E-state index in [1.807, 2.05) is 62.4 Å². The van der Waals surface area contributed by atoms with Gasteiger partial charge in [0.1, 0.15) is 5.75 Å². The second-order valence-corrected chi connectivity index (χ2v) is 6.12. The number of amides is 1. The molecule has 2 N–H and O–H groups in total. The third-order valence-electron chi connectivity index (χ3n) is 4.03. The largest absolute Gasteiger partial charge is 0.497 e. The molecular formula is C20H25N3O2S. The maximum atomic E-state index is 12.4. The molecule has 0 aliphatic heterocycles. The van der Waals surface area contributed by atoms with Crippen molar-refractivity contribution < 1.29 is 9.53 Å². The average Bonchev–Trinajstić information content (AvgIpc) is 2.68. The van der Waals surface area contributed by atoms with Crippen LogP contribution in [0.1, 0.15) is 29.8 Å². The molecule has 2 aromatic carbocycles. The van der Waals surface area contributed by atoms with E-state index >= 15 is 0 Å². The van der Waals surface area contributed by atoms with Gasteiger partial charge >= 0.3 is 0 Å². The van der Waals surface area contributed by atoms with Gasteiger partial charge in [0.2, 0.25) is 0 Å². The predicted molar refractivity (Wildman–Crippen MR) is 110 cm³/mol. The van der Waals surface area contributed by atoms with Crippen LogP contribution in [0.25, 0.3) is 0 Å². The van der Waals surface area contributed by atoms with Gasteiger partial charge in [0.05, 0.1) is 7.11 Å². The highest BCUT2D eigenvalue weighted by Gasteiger charge is 2.12. The molecule has 0 saturated carbocycles. The van der Waals surface area contributed by atoms with E-state index in [0.29, 0.717) is 30.3 Å². The van der Waals surface area contributed by atoms with Gasteiger partial charge < -0.3 is 20.3 Å². The van der Waals surface area contributed by atoms with Crippen LogP contribution in [0, 0.1) is 0 Å². The van der Waals surface area contributed by atoms with Gasteiger partial charge in [-0.2, -0.15) is 0 Å². The molecule has 0 atom stereocenters. The summed E-state index contributed by atoms with van der Waals surface area (Å²) in [7, 11) is 1.64. The number of benzene rings is 2. The summed E-state index contributed by atoms with van der Waals surface area (Å²) >= 11 is 5.35. The number of ether oxygens (including phenoxy) is 1. The van der Waals surface area contributed by atoms with Crippen LogP contribution >= 0.6 is 12.2 Å². The minimum Gasteiger partial charge on any atom is -0.497 e. The lowest BCUT2D eigenvalue weighted by atomic mass is 10.1. The van der Waals surface area contributed by atoms with E-state index in [1.54, 1.807) is 12.0 Å². The number of nitrogens with one attached hydrogen (secondary N) is 2. The van der Waals surface area contributed by atoms with Crippen LogP contribution in [0.4, 0.5) is 5.69 Å². The Kier molecular flexibility index (Phi) is 7.41. The monoisotopic (exact) mass is 371 g/mol. The van der Waals surface area contributed by atoms with Crippen molar-refractivity contribution in [2.75, 3.05) is 25.5 Å². The van der Waals surface area contributed by atoms with Gasteiger partial charge in [0.15, 0.2) is 5.11 Å². The summed E-state index contributed by atoms with van der Waals surface area (Å²) in [5.74, 6) is 0.847. The highest BCUT2D eigenvalue weighted by atomic mass is 32.1. The Labute approximate surface area is 160 Å². The molecule has 5 nitrogen and oxygen atoms in total. The van der Waals surface area contributed by atoms with E-state index in [1.165, 1.54) is 0 Å². The van der Waals surface area contributed by atoms with Gasteiger partial charge in [-0.05, 0) is 62.0 Å². The number of nitrogens with zero attached hydrogens (tertiary/aromatic N) is 1. The first kappa shape index (κ1) is 19.7. The standard InChI is InChI=1S/C20H25N3O2S/c1-4-23(5-2)19(24)16-7-6-8-17(13-16)22-20(26)21-14-15-9-11-18(25-3)12-10-15/h6-13H,4-5,14H2,1-3H3,(H2,21,22,26). The zero-order valence-corrected chi connectivity index (χ0v) is 16.2. The number of thiocarbonyl (C=S) groups is 1. The van der Waals surface area contributed by atoms with Gasteiger partial charge in [-0.1, -0.05) is 18.2 Å². The van der Waals surface area contributed by atoms with E-state index in [2.05, 4.69) is 10.6 Å². The molecule has 26 heavy (non-hydrogen) atoms. The molecular weight excluding hydrogens is 346 g/mol. The van der Waals surface area contributed by atoms with Crippen molar-refractivity contribution in [3.8, 4) is 5.75 Å². The third kappa shape index (κ3) is 5.46. The Hall–Kier alpha value is -2.60. The number of carbonyl (C=O) groups is 1. The first-order valence-electron chi connectivity index (χ1n) is 8.64. The molecule has 0 saturated heterocycles. The van der Waals surface area contributed by atoms with Crippen molar-refractivity contribution in [2.24, 2.45) is 0 Å². The van der Waals surface area contributed by atoms with Crippen LogP contribution in [0.15, 0.2) is 48.5 Å². The Morgan fingerprint density at radius 2 is 1.81 bits per heavy atom. The van der Waals surface area contributed by atoms with Crippen molar-refractivity contribution in [1.82, 2.24) is 10.2 Å². The summed E-state index contributed by atoms with van der Waals surface area (Å²) in [6.45, 7) is 5.93. The number of rotatable bonds is 7. The lowest BCUT2D eigenvalue weighted by Crippen LogP contribution is -2.31. The normalized spacial score (nSPS) is 10.1. The van der Waals surface area contributed by atoms with E-state index in [0.717, 1.165) is 17.0 Å². The Morgan fingerprint density at radius 1 is 1.12 bits per heavy atom. The highest BCUT2D eigenvalue weighted by Crippen LogP contribution is 2.14. The van der Waals surface area contributed by atoms with Gasteiger partial charge in [0, 0.05) is 30.9 Å². The van der Waals surface area contributed by atoms with Crippen LogP contribution in [0.2, 0.25) is 0 Å². The summed E-state index contributed by atoms with van der Waals surface area (Å²) in [6, 6.07) is 15.2. The third-order valence-corrected chi connectivity index (χ3v) is 4.28. The molecule has 0 aliphatic carbocycles. The first-order valence-corrected chi connectivity index (χ1v) is 9.05. The van der Waals surface area contributed by atoms with Crippen LogP contribution in [0.3, 0.4) is 0 Å². The van der Waals surface area contributed by atoms with Crippen molar-refractivity contribution in [1.29, 1.82) is 0 Å². The van der Waals surface area contributed by atoms with Crippen LogP contribution in [0.5, 0.6) is 5.75 Å². The molecule has 0 aromatic heterocycles. The summed E-state index contributed by atoms with van der Waals surface area (Å²) < 4.78 is 5.15. The van der Waals surface area contributed by atoms with Crippen molar-refractivity contribution >= 4 is 28.9 Å². The fourth-order valence-electron chi connectivity index (χ4n) is 2.52. The van der Waals surface area contributed by atoms with E-state index in [-0.39, 0.29) is 5.91 Å². The Balaban J connectivity index is 1.94. The fraction of sp³-hybridized carbons (Fsp3) is 0.300. The molecule has 2 rings (SSSR count). The van der Waals surface area contributed by atoms with Crippen molar-refractivity contribution in [2.45, 2.75) is 20.4 Å². The number of anilines is 1. The molecule has 0 aliphatic rings. The van der Waals surface area contributed by atoms with Gasteiger partial charge in [-0.25, -0.2) is 0 Å². The highest BCUT2D eigenvalue weighted by molar-refractivity contribution is 7.80. The molecule has 2 aromatic rings. The van der Waals surface area contributed by atoms with E-state index in [9.17, 15) is 4.79 Å². The van der Waals surface area contributed by atoms with Gasteiger partial charge in [-0.3, -0.25) is 4.79 Å². The van der Waals surface area contributed by atoms with E-state index in [4.69, 9.17) is 17.0 Å². The maximum absolute atomic E-state index is 12.4. The van der Waals surface area contributed by atoms with E-state index < -0.39 is 0 Å². The number of hydrogen-bond acceptors (Lipinski definition) is 3.